The monoisotopic (exact) mass is 217 g/mol. The zero-order valence-corrected chi connectivity index (χ0v) is 6.95. The third-order valence-corrected chi connectivity index (χ3v) is 1.48. The van der Waals surface area contributed by atoms with Gasteiger partial charge in [-0.15, -0.1) is 0 Å². The molecule has 0 aromatic carbocycles. The Morgan fingerprint density at radius 3 is 2.60 bits per heavy atom. The second-order valence-electron chi connectivity index (χ2n) is 2.39. The van der Waals surface area contributed by atoms with Crippen molar-refractivity contribution in [3.8, 4) is 6.07 Å². The Bertz CT molecular complexity index is 456. The van der Waals surface area contributed by atoms with Gasteiger partial charge in [0.05, 0.1) is 4.92 Å². The molecule has 0 bridgehead atoms. The number of hydrogen-bond donors (Lipinski definition) is 0. The van der Waals surface area contributed by atoms with Crippen molar-refractivity contribution >= 4 is 5.69 Å². The number of aromatic nitrogens is 1. The molecular formula is C7H2F3N3O2. The first-order chi connectivity index (χ1) is 6.97. The molecule has 0 aliphatic rings. The fourth-order valence-corrected chi connectivity index (χ4v) is 0.916. The van der Waals surface area contributed by atoms with Gasteiger partial charge in [0.15, 0.2) is 5.69 Å². The number of pyridine rings is 1. The SMILES string of the molecule is N#Cc1cc(F)c([N+](=O)[O-])c(C(F)F)n1. The molecule has 8 heteroatoms. The molecule has 1 heterocycles. The molecule has 0 saturated carbocycles. The average molecular weight is 217 g/mol. The first kappa shape index (κ1) is 10.9. The lowest BCUT2D eigenvalue weighted by Crippen LogP contribution is -2.04. The third-order valence-electron chi connectivity index (χ3n) is 1.48. The number of halogens is 3. The standard InChI is InChI=1S/C7H2F3N3O2/c8-4-1-3(2-11)12-5(7(9)10)6(4)13(14)15/h1,7H. The summed E-state index contributed by atoms with van der Waals surface area (Å²) in [5.74, 6) is -1.50. The maximum Gasteiger partial charge on any atom is 0.332 e. The lowest BCUT2D eigenvalue weighted by molar-refractivity contribution is -0.389. The molecule has 0 saturated heterocycles. The van der Waals surface area contributed by atoms with Crippen LogP contribution in [0.1, 0.15) is 17.8 Å². The molecule has 0 amide bonds. The van der Waals surface area contributed by atoms with Crippen molar-refractivity contribution < 1.29 is 18.1 Å². The van der Waals surface area contributed by atoms with Crippen molar-refractivity contribution in [1.82, 2.24) is 4.98 Å². The van der Waals surface area contributed by atoms with Crippen molar-refractivity contribution in [2.45, 2.75) is 6.43 Å². The Labute approximate surface area is 80.9 Å². The third kappa shape index (κ3) is 2.01. The van der Waals surface area contributed by atoms with Crippen LogP contribution < -0.4 is 0 Å². The van der Waals surface area contributed by atoms with E-state index in [2.05, 4.69) is 4.98 Å². The first-order valence-electron chi connectivity index (χ1n) is 3.50. The second-order valence-corrected chi connectivity index (χ2v) is 2.39. The van der Waals surface area contributed by atoms with E-state index in [0.717, 1.165) is 0 Å². The Morgan fingerprint density at radius 2 is 2.20 bits per heavy atom. The molecule has 1 rings (SSSR count). The molecule has 15 heavy (non-hydrogen) atoms. The lowest BCUT2D eigenvalue weighted by atomic mass is 10.2. The second kappa shape index (κ2) is 3.91. The number of hydrogen-bond acceptors (Lipinski definition) is 4. The minimum absolute atomic E-state index is 0.435. The minimum Gasteiger partial charge on any atom is -0.258 e. The van der Waals surface area contributed by atoms with Crippen molar-refractivity contribution in [2.75, 3.05) is 0 Å². The quantitative estimate of drug-likeness (QED) is 0.560. The molecule has 0 fully saturated rings. The molecule has 1 aromatic rings. The molecular weight excluding hydrogens is 215 g/mol. The van der Waals surface area contributed by atoms with Crippen LogP contribution in [0.3, 0.4) is 0 Å². The maximum atomic E-state index is 12.9. The predicted molar refractivity (Wildman–Crippen MR) is 40.5 cm³/mol. The topological polar surface area (TPSA) is 79.8 Å². The number of rotatable bonds is 2. The molecule has 0 aliphatic heterocycles. The summed E-state index contributed by atoms with van der Waals surface area (Å²) in [5.41, 5.74) is -3.37. The molecule has 0 atom stereocenters. The van der Waals surface area contributed by atoms with E-state index in [1.807, 2.05) is 0 Å². The van der Waals surface area contributed by atoms with Crippen LogP contribution >= 0.6 is 0 Å². The van der Waals surface area contributed by atoms with Gasteiger partial charge in [-0.2, -0.15) is 9.65 Å². The van der Waals surface area contributed by atoms with Crippen molar-refractivity contribution in [3.63, 3.8) is 0 Å². The highest BCUT2D eigenvalue weighted by atomic mass is 19.3. The summed E-state index contributed by atoms with van der Waals surface area (Å²) in [5, 5.41) is 18.6. The summed E-state index contributed by atoms with van der Waals surface area (Å²) < 4.78 is 37.4. The Balaban J connectivity index is 3.51. The fourth-order valence-electron chi connectivity index (χ4n) is 0.916. The van der Waals surface area contributed by atoms with E-state index < -0.39 is 34.2 Å². The number of alkyl halides is 2. The van der Waals surface area contributed by atoms with Crippen LogP contribution in [0.2, 0.25) is 0 Å². The van der Waals surface area contributed by atoms with Gasteiger partial charge in [-0.05, 0) is 0 Å². The van der Waals surface area contributed by atoms with Crippen molar-refractivity contribution in [3.05, 3.63) is 33.4 Å². The van der Waals surface area contributed by atoms with Gasteiger partial charge in [0.2, 0.25) is 5.82 Å². The zero-order chi connectivity index (χ0) is 11.6. The summed E-state index contributed by atoms with van der Waals surface area (Å²) >= 11 is 0. The highest BCUT2D eigenvalue weighted by molar-refractivity contribution is 5.41. The van der Waals surface area contributed by atoms with Crippen molar-refractivity contribution in [1.29, 1.82) is 5.26 Å². The summed E-state index contributed by atoms with van der Waals surface area (Å²) in [6, 6.07) is 1.76. The molecule has 0 N–H and O–H groups in total. The Morgan fingerprint density at radius 1 is 1.60 bits per heavy atom. The van der Waals surface area contributed by atoms with E-state index in [9.17, 15) is 23.3 Å². The minimum atomic E-state index is -3.31. The van der Waals surface area contributed by atoms with E-state index in [0.29, 0.717) is 6.07 Å². The molecule has 1 aromatic heterocycles. The summed E-state index contributed by atoms with van der Waals surface area (Å²) in [4.78, 5) is 11.9. The predicted octanol–water partition coefficient (Wildman–Crippen LogP) is 1.94. The van der Waals surface area contributed by atoms with Crippen LogP contribution in [-0.4, -0.2) is 9.91 Å². The molecule has 0 radical (unpaired) electrons. The zero-order valence-electron chi connectivity index (χ0n) is 6.95. The molecule has 5 nitrogen and oxygen atoms in total. The average Bonchev–Trinajstić information content (AvgIpc) is 2.15. The maximum absolute atomic E-state index is 12.9. The highest BCUT2D eigenvalue weighted by Crippen LogP contribution is 2.29. The molecule has 0 aliphatic carbocycles. The van der Waals surface area contributed by atoms with E-state index in [-0.39, 0.29) is 0 Å². The van der Waals surface area contributed by atoms with E-state index in [1.54, 1.807) is 0 Å². The van der Waals surface area contributed by atoms with Gasteiger partial charge in [0.1, 0.15) is 11.8 Å². The number of nitrogens with zero attached hydrogens (tertiary/aromatic N) is 3. The number of nitro groups is 1. The highest BCUT2D eigenvalue weighted by Gasteiger charge is 2.29. The van der Waals surface area contributed by atoms with Gasteiger partial charge in [0.25, 0.3) is 6.43 Å². The fraction of sp³-hybridized carbons (Fsp3) is 0.143. The van der Waals surface area contributed by atoms with E-state index >= 15 is 0 Å². The summed E-state index contributed by atoms with van der Waals surface area (Å²) in [7, 11) is 0. The van der Waals surface area contributed by atoms with E-state index in [1.165, 1.54) is 6.07 Å². The van der Waals surface area contributed by atoms with Crippen LogP contribution in [0.25, 0.3) is 0 Å². The summed E-state index contributed by atoms with van der Waals surface area (Å²) in [6.07, 6.45) is -3.31. The molecule has 0 unspecified atom stereocenters. The molecule has 78 valence electrons. The largest absolute Gasteiger partial charge is 0.332 e. The molecule has 0 spiro atoms. The first-order valence-corrected chi connectivity index (χ1v) is 3.50. The van der Waals surface area contributed by atoms with E-state index in [4.69, 9.17) is 5.26 Å². The smallest absolute Gasteiger partial charge is 0.258 e. The van der Waals surface area contributed by atoms with Crippen LogP contribution in [-0.2, 0) is 0 Å². The Kier molecular flexibility index (Phi) is 2.85. The normalized spacial score (nSPS) is 10.1. The van der Waals surface area contributed by atoms with Gasteiger partial charge in [-0.25, -0.2) is 13.8 Å². The van der Waals surface area contributed by atoms with Crippen LogP contribution in [0.4, 0.5) is 18.9 Å². The van der Waals surface area contributed by atoms with Crippen molar-refractivity contribution in [2.24, 2.45) is 0 Å². The van der Waals surface area contributed by atoms with Gasteiger partial charge in [-0.1, -0.05) is 0 Å². The van der Waals surface area contributed by atoms with Crippen LogP contribution in [0.5, 0.6) is 0 Å². The van der Waals surface area contributed by atoms with Gasteiger partial charge < -0.3 is 0 Å². The number of nitriles is 1. The van der Waals surface area contributed by atoms with Gasteiger partial charge >= 0.3 is 5.69 Å². The van der Waals surface area contributed by atoms with Crippen LogP contribution in [0, 0.1) is 27.3 Å². The lowest BCUT2D eigenvalue weighted by Gasteiger charge is -2.01. The Hall–Kier alpha value is -2.17. The van der Waals surface area contributed by atoms with Gasteiger partial charge in [0, 0.05) is 6.07 Å². The van der Waals surface area contributed by atoms with Gasteiger partial charge in [-0.3, -0.25) is 10.1 Å². The summed E-state index contributed by atoms with van der Waals surface area (Å²) in [6.45, 7) is 0. The van der Waals surface area contributed by atoms with Crippen LogP contribution in [0.15, 0.2) is 6.07 Å².